The van der Waals surface area contributed by atoms with Gasteiger partial charge >= 0.3 is 0 Å². The van der Waals surface area contributed by atoms with Gasteiger partial charge in [-0.05, 0) is 32.3 Å². The van der Waals surface area contributed by atoms with Gasteiger partial charge in [0.05, 0.1) is 0 Å². The van der Waals surface area contributed by atoms with Gasteiger partial charge in [-0.2, -0.15) is 11.8 Å². The summed E-state index contributed by atoms with van der Waals surface area (Å²) < 4.78 is 0. The second kappa shape index (κ2) is 7.54. The van der Waals surface area contributed by atoms with E-state index in [2.05, 4.69) is 29.9 Å². The molecule has 1 saturated heterocycles. The molecule has 0 saturated carbocycles. The van der Waals surface area contributed by atoms with Crippen LogP contribution in [0.2, 0.25) is 0 Å². The Labute approximate surface area is 105 Å². The summed E-state index contributed by atoms with van der Waals surface area (Å²) in [5.41, 5.74) is 5.87. The number of hydrogen-bond donors (Lipinski definition) is 1. The molecular weight excluding hydrogens is 218 g/mol. The molecule has 0 aromatic heterocycles. The van der Waals surface area contributed by atoms with E-state index in [1.165, 1.54) is 38.4 Å². The SMILES string of the molecule is CSCCC(CN)N1CCN(C(C)C)CC1. The molecule has 4 heteroatoms. The van der Waals surface area contributed by atoms with Crippen LogP contribution in [-0.2, 0) is 0 Å². The summed E-state index contributed by atoms with van der Waals surface area (Å²) in [5, 5.41) is 0. The van der Waals surface area contributed by atoms with Gasteiger partial charge in [0, 0.05) is 44.8 Å². The topological polar surface area (TPSA) is 32.5 Å². The van der Waals surface area contributed by atoms with Gasteiger partial charge in [-0.3, -0.25) is 9.80 Å². The second-order valence-electron chi connectivity index (χ2n) is 4.84. The number of hydrogen-bond acceptors (Lipinski definition) is 4. The predicted molar refractivity (Wildman–Crippen MR) is 74.1 cm³/mol. The lowest BCUT2D eigenvalue weighted by atomic mass is 10.1. The van der Waals surface area contributed by atoms with Crippen molar-refractivity contribution in [3.63, 3.8) is 0 Å². The highest BCUT2D eigenvalue weighted by atomic mass is 32.2. The zero-order valence-electron chi connectivity index (χ0n) is 11.0. The predicted octanol–water partition coefficient (Wildman–Crippen LogP) is 1.09. The molecule has 16 heavy (non-hydrogen) atoms. The van der Waals surface area contributed by atoms with Crippen molar-refractivity contribution in [2.24, 2.45) is 5.73 Å². The summed E-state index contributed by atoms with van der Waals surface area (Å²) >= 11 is 1.92. The highest BCUT2D eigenvalue weighted by Gasteiger charge is 2.23. The molecule has 0 spiro atoms. The standard InChI is InChI=1S/C12H27N3S/c1-11(2)14-5-7-15(8-6-14)12(10-13)4-9-16-3/h11-12H,4-10,13H2,1-3H3. The molecule has 1 aliphatic heterocycles. The van der Waals surface area contributed by atoms with Gasteiger partial charge in [-0.25, -0.2) is 0 Å². The summed E-state index contributed by atoms with van der Waals surface area (Å²) in [6.07, 6.45) is 3.41. The number of thioether (sulfide) groups is 1. The van der Waals surface area contributed by atoms with Crippen LogP contribution in [0.3, 0.4) is 0 Å². The summed E-state index contributed by atoms with van der Waals surface area (Å²) in [6.45, 7) is 10.2. The van der Waals surface area contributed by atoms with E-state index in [-0.39, 0.29) is 0 Å². The summed E-state index contributed by atoms with van der Waals surface area (Å²) in [4.78, 5) is 5.13. The van der Waals surface area contributed by atoms with Crippen molar-refractivity contribution < 1.29 is 0 Å². The van der Waals surface area contributed by atoms with Crippen molar-refractivity contribution in [2.75, 3.05) is 44.7 Å². The average Bonchev–Trinajstić information content (AvgIpc) is 2.30. The highest BCUT2D eigenvalue weighted by Crippen LogP contribution is 2.12. The van der Waals surface area contributed by atoms with Gasteiger partial charge in [0.15, 0.2) is 0 Å². The normalized spacial score (nSPS) is 21.6. The molecule has 1 rings (SSSR count). The van der Waals surface area contributed by atoms with E-state index in [4.69, 9.17) is 5.73 Å². The molecule has 1 aliphatic rings. The first-order valence-corrected chi connectivity index (χ1v) is 7.75. The Kier molecular flexibility index (Phi) is 6.73. The van der Waals surface area contributed by atoms with Crippen LogP contribution in [0, 0.1) is 0 Å². The summed E-state index contributed by atoms with van der Waals surface area (Å²) in [5.74, 6) is 1.23. The fraction of sp³-hybridized carbons (Fsp3) is 1.00. The first-order valence-electron chi connectivity index (χ1n) is 6.36. The minimum absolute atomic E-state index is 0.599. The van der Waals surface area contributed by atoms with Gasteiger partial charge < -0.3 is 5.73 Å². The maximum Gasteiger partial charge on any atom is 0.0227 e. The molecule has 1 unspecified atom stereocenters. The van der Waals surface area contributed by atoms with Crippen LogP contribution in [0.1, 0.15) is 20.3 Å². The molecule has 0 aromatic rings. The molecule has 0 aromatic carbocycles. The lowest BCUT2D eigenvalue weighted by Gasteiger charge is -2.40. The molecular formula is C12H27N3S. The van der Waals surface area contributed by atoms with Crippen molar-refractivity contribution in [3.05, 3.63) is 0 Å². The van der Waals surface area contributed by atoms with Crippen molar-refractivity contribution in [3.8, 4) is 0 Å². The van der Waals surface area contributed by atoms with Crippen LogP contribution in [-0.4, -0.2) is 66.6 Å². The third-order valence-electron chi connectivity index (χ3n) is 3.52. The maximum atomic E-state index is 5.87. The Morgan fingerprint density at radius 2 is 1.69 bits per heavy atom. The first-order chi connectivity index (χ1) is 7.69. The molecule has 1 heterocycles. The van der Waals surface area contributed by atoms with Crippen LogP contribution >= 0.6 is 11.8 Å². The molecule has 0 amide bonds. The van der Waals surface area contributed by atoms with Gasteiger partial charge in [-0.1, -0.05) is 0 Å². The molecule has 1 fully saturated rings. The van der Waals surface area contributed by atoms with Crippen LogP contribution in [0.15, 0.2) is 0 Å². The molecule has 0 radical (unpaired) electrons. The largest absolute Gasteiger partial charge is 0.329 e. The molecule has 0 aliphatic carbocycles. The van der Waals surface area contributed by atoms with E-state index in [1.807, 2.05) is 11.8 Å². The third-order valence-corrected chi connectivity index (χ3v) is 4.17. The lowest BCUT2D eigenvalue weighted by molar-refractivity contribution is 0.0794. The number of rotatable bonds is 6. The minimum Gasteiger partial charge on any atom is -0.329 e. The Morgan fingerprint density at radius 1 is 1.12 bits per heavy atom. The van der Waals surface area contributed by atoms with Crippen LogP contribution < -0.4 is 5.73 Å². The minimum atomic E-state index is 0.599. The van der Waals surface area contributed by atoms with Crippen LogP contribution in [0.4, 0.5) is 0 Å². The Morgan fingerprint density at radius 3 is 2.12 bits per heavy atom. The highest BCUT2D eigenvalue weighted by molar-refractivity contribution is 7.98. The van der Waals surface area contributed by atoms with Crippen LogP contribution in [0.25, 0.3) is 0 Å². The second-order valence-corrected chi connectivity index (χ2v) is 5.82. The van der Waals surface area contributed by atoms with Gasteiger partial charge in [0.2, 0.25) is 0 Å². The average molecular weight is 245 g/mol. The van der Waals surface area contributed by atoms with Crippen molar-refractivity contribution in [2.45, 2.75) is 32.4 Å². The smallest absolute Gasteiger partial charge is 0.0227 e. The Hall–Kier alpha value is 0.230. The fourth-order valence-electron chi connectivity index (χ4n) is 2.32. The monoisotopic (exact) mass is 245 g/mol. The van der Waals surface area contributed by atoms with Gasteiger partial charge in [0.25, 0.3) is 0 Å². The fourth-order valence-corrected chi connectivity index (χ4v) is 2.83. The molecule has 1 atom stereocenters. The third kappa shape index (κ3) is 4.24. The van der Waals surface area contributed by atoms with E-state index >= 15 is 0 Å². The zero-order chi connectivity index (χ0) is 12.0. The van der Waals surface area contributed by atoms with Crippen molar-refractivity contribution in [1.29, 1.82) is 0 Å². The van der Waals surface area contributed by atoms with E-state index in [1.54, 1.807) is 0 Å². The summed E-state index contributed by atoms with van der Waals surface area (Å²) in [7, 11) is 0. The van der Waals surface area contributed by atoms with Gasteiger partial charge in [0.1, 0.15) is 0 Å². The van der Waals surface area contributed by atoms with Crippen LogP contribution in [0.5, 0.6) is 0 Å². The van der Waals surface area contributed by atoms with E-state index in [9.17, 15) is 0 Å². The quantitative estimate of drug-likeness (QED) is 0.759. The molecule has 2 N–H and O–H groups in total. The van der Waals surface area contributed by atoms with Gasteiger partial charge in [-0.15, -0.1) is 0 Å². The van der Waals surface area contributed by atoms with E-state index < -0.39 is 0 Å². The number of nitrogens with zero attached hydrogens (tertiary/aromatic N) is 2. The van der Waals surface area contributed by atoms with Crippen molar-refractivity contribution >= 4 is 11.8 Å². The number of piperazine rings is 1. The zero-order valence-corrected chi connectivity index (χ0v) is 11.8. The van der Waals surface area contributed by atoms with E-state index in [0.29, 0.717) is 12.1 Å². The Bertz CT molecular complexity index is 179. The lowest BCUT2D eigenvalue weighted by Crippen LogP contribution is -2.53. The number of nitrogens with two attached hydrogens (primary N) is 1. The Balaban J connectivity index is 2.32. The first kappa shape index (κ1) is 14.3. The molecule has 3 nitrogen and oxygen atoms in total. The summed E-state index contributed by atoms with van der Waals surface area (Å²) in [6, 6.07) is 1.28. The molecule has 96 valence electrons. The maximum absolute atomic E-state index is 5.87. The van der Waals surface area contributed by atoms with Crippen molar-refractivity contribution in [1.82, 2.24) is 9.80 Å². The van der Waals surface area contributed by atoms with E-state index in [0.717, 1.165) is 6.54 Å². The molecule has 0 bridgehead atoms.